The summed E-state index contributed by atoms with van der Waals surface area (Å²) in [5.41, 5.74) is 8.63. The number of benzene rings is 2. The van der Waals surface area contributed by atoms with Crippen molar-refractivity contribution in [2.24, 2.45) is 11.7 Å². The van der Waals surface area contributed by atoms with Crippen molar-refractivity contribution in [3.63, 3.8) is 0 Å². The van der Waals surface area contributed by atoms with E-state index in [0.717, 1.165) is 19.6 Å². The van der Waals surface area contributed by atoms with E-state index in [1.807, 2.05) is 0 Å². The summed E-state index contributed by atoms with van der Waals surface area (Å²) < 4.78 is 0. The molecule has 1 saturated heterocycles. The van der Waals surface area contributed by atoms with Crippen LogP contribution in [0.4, 0.5) is 0 Å². The third kappa shape index (κ3) is 3.52. The first kappa shape index (κ1) is 14.3. The molecule has 110 valence electrons. The van der Waals surface area contributed by atoms with E-state index in [1.165, 1.54) is 24.1 Å². The van der Waals surface area contributed by atoms with Gasteiger partial charge in [0.15, 0.2) is 0 Å². The van der Waals surface area contributed by atoms with Crippen LogP contribution in [0.1, 0.15) is 23.5 Å². The van der Waals surface area contributed by atoms with E-state index in [1.54, 1.807) is 0 Å². The van der Waals surface area contributed by atoms with E-state index in [4.69, 9.17) is 5.73 Å². The van der Waals surface area contributed by atoms with Gasteiger partial charge in [0, 0.05) is 19.0 Å². The van der Waals surface area contributed by atoms with E-state index in [0.29, 0.717) is 11.8 Å². The topological polar surface area (TPSA) is 29.3 Å². The highest BCUT2D eigenvalue weighted by atomic mass is 15.1. The Hall–Kier alpha value is -1.64. The van der Waals surface area contributed by atoms with Crippen molar-refractivity contribution in [1.29, 1.82) is 0 Å². The van der Waals surface area contributed by atoms with Gasteiger partial charge in [-0.2, -0.15) is 0 Å². The molecule has 0 amide bonds. The fraction of sp³-hybridized carbons (Fsp3) is 0.368. The highest BCUT2D eigenvalue weighted by molar-refractivity contribution is 5.32. The molecule has 2 nitrogen and oxygen atoms in total. The Morgan fingerprint density at radius 2 is 1.52 bits per heavy atom. The lowest BCUT2D eigenvalue weighted by Gasteiger charge is -2.25. The average molecular weight is 280 g/mol. The Balaban J connectivity index is 1.80. The summed E-state index contributed by atoms with van der Waals surface area (Å²) in [6.07, 6.45) is 1.24. The zero-order valence-electron chi connectivity index (χ0n) is 12.5. The Morgan fingerprint density at radius 3 is 2.00 bits per heavy atom. The predicted molar refractivity (Wildman–Crippen MR) is 88.3 cm³/mol. The van der Waals surface area contributed by atoms with Crippen LogP contribution in [-0.4, -0.2) is 31.1 Å². The highest BCUT2D eigenvalue weighted by Crippen LogP contribution is 2.27. The summed E-state index contributed by atoms with van der Waals surface area (Å²) in [5, 5.41) is 0. The van der Waals surface area contributed by atoms with E-state index in [2.05, 4.69) is 65.6 Å². The lowest BCUT2D eigenvalue weighted by Crippen LogP contribution is -2.28. The van der Waals surface area contributed by atoms with E-state index in [-0.39, 0.29) is 0 Å². The lowest BCUT2D eigenvalue weighted by molar-refractivity contribution is 0.315. The molecule has 2 aromatic carbocycles. The molecule has 1 fully saturated rings. The standard InChI is InChI=1S/C19H24N2/c20-13-16-11-12-21(14-16)15-19(17-7-3-1-4-8-17)18-9-5-2-6-10-18/h1-10,16,19H,11-15,20H2. The lowest BCUT2D eigenvalue weighted by atomic mass is 9.91. The maximum Gasteiger partial charge on any atom is 0.0217 e. The highest BCUT2D eigenvalue weighted by Gasteiger charge is 2.25. The normalized spacial score (nSPS) is 19.2. The van der Waals surface area contributed by atoms with Gasteiger partial charge >= 0.3 is 0 Å². The summed E-state index contributed by atoms with van der Waals surface area (Å²) in [6.45, 7) is 4.23. The molecule has 1 aliphatic rings. The maximum absolute atomic E-state index is 5.82. The minimum Gasteiger partial charge on any atom is -0.330 e. The third-order valence-corrected chi connectivity index (χ3v) is 4.55. The first-order chi connectivity index (χ1) is 10.4. The molecule has 2 aromatic rings. The van der Waals surface area contributed by atoms with Gasteiger partial charge in [-0.1, -0.05) is 60.7 Å². The van der Waals surface area contributed by atoms with Gasteiger partial charge in [-0.25, -0.2) is 0 Å². The summed E-state index contributed by atoms with van der Waals surface area (Å²) in [6, 6.07) is 21.7. The van der Waals surface area contributed by atoms with Crippen molar-refractivity contribution in [2.75, 3.05) is 26.2 Å². The van der Waals surface area contributed by atoms with Crippen LogP contribution in [0, 0.1) is 5.92 Å². The summed E-state index contributed by atoms with van der Waals surface area (Å²) in [4.78, 5) is 2.57. The molecule has 0 radical (unpaired) electrons. The zero-order chi connectivity index (χ0) is 14.5. The number of likely N-dealkylation sites (tertiary alicyclic amines) is 1. The molecular weight excluding hydrogens is 256 g/mol. The molecule has 1 atom stereocenters. The molecule has 0 saturated carbocycles. The SMILES string of the molecule is NCC1CCN(CC(c2ccccc2)c2ccccc2)C1. The molecular formula is C19H24N2. The van der Waals surface area contributed by atoms with Crippen LogP contribution in [0.3, 0.4) is 0 Å². The molecule has 1 aliphatic heterocycles. The van der Waals surface area contributed by atoms with Crippen LogP contribution < -0.4 is 5.73 Å². The molecule has 3 rings (SSSR count). The first-order valence-corrected chi connectivity index (χ1v) is 7.89. The van der Waals surface area contributed by atoms with Gasteiger partial charge in [0.25, 0.3) is 0 Å². The second-order valence-corrected chi connectivity index (χ2v) is 6.02. The van der Waals surface area contributed by atoms with Crippen molar-refractivity contribution in [1.82, 2.24) is 4.90 Å². The molecule has 0 bridgehead atoms. The van der Waals surface area contributed by atoms with Gasteiger partial charge in [0.1, 0.15) is 0 Å². The summed E-state index contributed by atoms with van der Waals surface area (Å²) >= 11 is 0. The fourth-order valence-electron chi connectivity index (χ4n) is 3.30. The first-order valence-electron chi connectivity index (χ1n) is 7.89. The summed E-state index contributed by atoms with van der Waals surface area (Å²) in [7, 11) is 0. The van der Waals surface area contributed by atoms with Crippen molar-refractivity contribution in [2.45, 2.75) is 12.3 Å². The molecule has 0 aromatic heterocycles. The Bertz CT molecular complexity index is 499. The molecule has 1 unspecified atom stereocenters. The molecule has 0 aliphatic carbocycles. The Labute approximate surface area is 127 Å². The molecule has 21 heavy (non-hydrogen) atoms. The van der Waals surface area contributed by atoms with E-state index in [9.17, 15) is 0 Å². The number of nitrogens with two attached hydrogens (primary N) is 1. The quantitative estimate of drug-likeness (QED) is 0.912. The molecule has 2 heteroatoms. The Kier molecular flexibility index (Phi) is 4.69. The van der Waals surface area contributed by atoms with Crippen LogP contribution in [0.25, 0.3) is 0 Å². The van der Waals surface area contributed by atoms with Crippen LogP contribution in [-0.2, 0) is 0 Å². The Morgan fingerprint density at radius 1 is 0.952 bits per heavy atom. The van der Waals surface area contributed by atoms with Gasteiger partial charge in [-0.3, -0.25) is 0 Å². The maximum atomic E-state index is 5.82. The second kappa shape index (κ2) is 6.88. The average Bonchev–Trinajstić information content (AvgIpc) is 3.02. The van der Waals surface area contributed by atoms with E-state index >= 15 is 0 Å². The number of hydrogen-bond acceptors (Lipinski definition) is 2. The van der Waals surface area contributed by atoms with Crippen molar-refractivity contribution in [3.8, 4) is 0 Å². The number of nitrogens with zero attached hydrogens (tertiary/aromatic N) is 1. The van der Waals surface area contributed by atoms with Crippen LogP contribution in [0.15, 0.2) is 60.7 Å². The molecule has 1 heterocycles. The number of rotatable bonds is 5. The van der Waals surface area contributed by atoms with Gasteiger partial charge in [0.05, 0.1) is 0 Å². The molecule has 2 N–H and O–H groups in total. The third-order valence-electron chi connectivity index (χ3n) is 4.55. The van der Waals surface area contributed by atoms with Gasteiger partial charge in [0.2, 0.25) is 0 Å². The summed E-state index contributed by atoms with van der Waals surface area (Å²) in [5.74, 6) is 1.13. The zero-order valence-corrected chi connectivity index (χ0v) is 12.5. The van der Waals surface area contributed by atoms with Gasteiger partial charge in [-0.15, -0.1) is 0 Å². The number of hydrogen-bond donors (Lipinski definition) is 1. The fourth-order valence-corrected chi connectivity index (χ4v) is 3.30. The van der Waals surface area contributed by atoms with Gasteiger partial charge in [-0.05, 0) is 36.6 Å². The van der Waals surface area contributed by atoms with Crippen molar-refractivity contribution in [3.05, 3.63) is 71.8 Å². The van der Waals surface area contributed by atoms with Crippen LogP contribution in [0.5, 0.6) is 0 Å². The molecule has 0 spiro atoms. The van der Waals surface area contributed by atoms with Crippen LogP contribution in [0.2, 0.25) is 0 Å². The predicted octanol–water partition coefficient (Wildman–Crippen LogP) is 3.10. The van der Waals surface area contributed by atoms with Gasteiger partial charge < -0.3 is 10.6 Å². The van der Waals surface area contributed by atoms with Crippen molar-refractivity contribution < 1.29 is 0 Å². The monoisotopic (exact) mass is 280 g/mol. The largest absolute Gasteiger partial charge is 0.330 e. The minimum atomic E-state index is 0.448. The second-order valence-electron chi connectivity index (χ2n) is 6.02. The van der Waals surface area contributed by atoms with Crippen LogP contribution >= 0.6 is 0 Å². The smallest absolute Gasteiger partial charge is 0.0217 e. The van der Waals surface area contributed by atoms with Crippen molar-refractivity contribution >= 4 is 0 Å². The van der Waals surface area contributed by atoms with E-state index < -0.39 is 0 Å². The minimum absolute atomic E-state index is 0.448.